The van der Waals surface area contributed by atoms with Crippen molar-refractivity contribution in [3.8, 4) is 0 Å². The van der Waals surface area contributed by atoms with E-state index in [2.05, 4.69) is 55.4 Å². The molecule has 0 aromatic carbocycles. The number of phosphoric ester groups is 2. The number of phosphoric acid groups is 2. The Bertz CT molecular complexity index is 1900. The molecule has 0 aromatic rings. The molecule has 0 aliphatic heterocycles. The maximum Gasteiger partial charge on any atom is 0.472 e. The third-order valence-electron chi connectivity index (χ3n) is 18.1. The molecule has 19 heteroatoms. The van der Waals surface area contributed by atoms with Crippen LogP contribution in [0.2, 0.25) is 0 Å². The van der Waals surface area contributed by atoms with Crippen LogP contribution in [0.25, 0.3) is 0 Å². The Morgan fingerprint density at radius 3 is 0.639 bits per heavy atom. The molecular weight excluding hydrogens is 1270 g/mol. The van der Waals surface area contributed by atoms with Crippen LogP contribution < -0.4 is 0 Å². The number of rotatable bonds is 75. The monoisotopic (exact) mass is 1420 g/mol. The summed E-state index contributed by atoms with van der Waals surface area (Å²) in [6, 6.07) is 0. The van der Waals surface area contributed by atoms with E-state index in [-0.39, 0.29) is 25.7 Å². The fourth-order valence-corrected chi connectivity index (χ4v) is 13.5. The van der Waals surface area contributed by atoms with Gasteiger partial charge in [-0.15, -0.1) is 0 Å². The fraction of sp³-hybridized carbons (Fsp3) is 0.949. The van der Waals surface area contributed by atoms with Crippen LogP contribution in [0.4, 0.5) is 0 Å². The Balaban J connectivity index is 5.21. The summed E-state index contributed by atoms with van der Waals surface area (Å²) < 4.78 is 68.6. The van der Waals surface area contributed by atoms with Crippen LogP contribution in [0.15, 0.2) is 0 Å². The molecule has 0 rings (SSSR count). The van der Waals surface area contributed by atoms with E-state index in [1.807, 2.05) is 0 Å². The molecule has 3 unspecified atom stereocenters. The van der Waals surface area contributed by atoms with Crippen molar-refractivity contribution in [1.82, 2.24) is 0 Å². The van der Waals surface area contributed by atoms with Crippen LogP contribution in [0, 0.1) is 23.7 Å². The lowest BCUT2D eigenvalue weighted by Gasteiger charge is -2.21. The zero-order chi connectivity index (χ0) is 71.7. The van der Waals surface area contributed by atoms with Crippen molar-refractivity contribution >= 4 is 39.5 Å². The van der Waals surface area contributed by atoms with Gasteiger partial charge in [-0.05, 0) is 49.4 Å². The first-order chi connectivity index (χ1) is 46.6. The van der Waals surface area contributed by atoms with Crippen LogP contribution in [0.5, 0.6) is 0 Å². The van der Waals surface area contributed by atoms with Crippen molar-refractivity contribution in [3.63, 3.8) is 0 Å². The van der Waals surface area contributed by atoms with Gasteiger partial charge in [0.2, 0.25) is 0 Å². The molecule has 5 atom stereocenters. The quantitative estimate of drug-likeness (QED) is 0.0222. The first-order valence-electron chi connectivity index (χ1n) is 40.2. The molecule has 0 aliphatic carbocycles. The molecule has 0 saturated carbocycles. The molecule has 0 bridgehead atoms. The lowest BCUT2D eigenvalue weighted by molar-refractivity contribution is -0.161. The van der Waals surface area contributed by atoms with Gasteiger partial charge in [0, 0.05) is 25.7 Å². The van der Waals surface area contributed by atoms with E-state index < -0.39 is 97.5 Å². The van der Waals surface area contributed by atoms with Gasteiger partial charge >= 0.3 is 39.5 Å². The summed E-state index contributed by atoms with van der Waals surface area (Å²) in [7, 11) is -9.92. The summed E-state index contributed by atoms with van der Waals surface area (Å²) in [6.45, 7) is 14.2. The second kappa shape index (κ2) is 67.2. The summed E-state index contributed by atoms with van der Waals surface area (Å²) in [5.41, 5.74) is 0. The standard InChI is InChI=1S/C78H152O17P2/c1-68(2)54-46-38-30-23-18-14-11-9-10-12-16-21-27-35-44-52-60-77(82)94-74(65-89-76(81)59-51-43-37-29-33-41-49-57-71(7)8)67-93-97(86,87)91-63-72(79)62-90-96(84,85)92-66-73(95-78(83)61-53-45-36-28-22-25-32-40-48-56-70(5)6)64-88-75(80)58-50-42-34-26-20-17-13-15-19-24-31-39-47-55-69(3)4/h68-74,79H,9-67H2,1-8H3,(H,84,85)(H,86,87)/t72?,73-,74-/m1/s1. The lowest BCUT2D eigenvalue weighted by atomic mass is 10.0. The summed E-state index contributed by atoms with van der Waals surface area (Å²) in [6.07, 6.45) is 52.8. The Morgan fingerprint density at radius 2 is 0.433 bits per heavy atom. The molecule has 0 spiro atoms. The second-order valence-electron chi connectivity index (χ2n) is 30.0. The minimum atomic E-state index is -4.96. The maximum atomic E-state index is 13.1. The van der Waals surface area contributed by atoms with Gasteiger partial charge in [-0.3, -0.25) is 37.3 Å². The average molecular weight is 1420 g/mol. The number of hydrogen-bond donors (Lipinski definition) is 3. The molecule has 3 N–H and O–H groups in total. The summed E-state index contributed by atoms with van der Waals surface area (Å²) in [4.78, 5) is 72.9. The van der Waals surface area contributed by atoms with Crippen molar-refractivity contribution < 1.29 is 80.2 Å². The van der Waals surface area contributed by atoms with E-state index in [0.29, 0.717) is 31.6 Å². The van der Waals surface area contributed by atoms with Crippen LogP contribution in [-0.2, 0) is 65.4 Å². The number of ether oxygens (including phenoxy) is 4. The van der Waals surface area contributed by atoms with Crippen molar-refractivity contribution in [2.24, 2.45) is 23.7 Å². The highest BCUT2D eigenvalue weighted by atomic mass is 31.2. The van der Waals surface area contributed by atoms with E-state index in [0.717, 1.165) is 114 Å². The maximum absolute atomic E-state index is 13.1. The molecule has 0 amide bonds. The van der Waals surface area contributed by atoms with E-state index in [1.54, 1.807) is 0 Å². The van der Waals surface area contributed by atoms with Gasteiger partial charge in [0.1, 0.15) is 19.3 Å². The summed E-state index contributed by atoms with van der Waals surface area (Å²) in [5, 5.41) is 10.6. The van der Waals surface area contributed by atoms with E-state index in [4.69, 9.17) is 37.0 Å². The Morgan fingerprint density at radius 1 is 0.258 bits per heavy atom. The van der Waals surface area contributed by atoms with Crippen molar-refractivity contribution in [1.29, 1.82) is 0 Å². The molecule has 0 saturated heterocycles. The van der Waals surface area contributed by atoms with Gasteiger partial charge in [-0.2, -0.15) is 0 Å². The SMILES string of the molecule is CC(C)CCCCCCCCCCCCCCCCCCC(=O)O[C@H](COC(=O)CCCCCCCCCC(C)C)COP(=O)(O)OCC(O)COP(=O)(O)OC[C@@H](COC(=O)CCCCCCCCCCCCCCCC(C)C)OC(=O)CCCCCCCCCCCC(C)C. The summed E-state index contributed by atoms with van der Waals surface area (Å²) >= 11 is 0. The Hall–Kier alpha value is -1.94. The number of carbonyl (C=O) groups excluding carboxylic acids is 4. The normalized spacial score (nSPS) is 14.1. The third kappa shape index (κ3) is 72.2. The Kier molecular flexibility index (Phi) is 65.9. The molecule has 0 aromatic heterocycles. The molecular formula is C78H152O17P2. The largest absolute Gasteiger partial charge is 0.472 e. The number of aliphatic hydroxyl groups is 1. The first kappa shape index (κ1) is 95.1. The zero-order valence-electron chi connectivity index (χ0n) is 63.7. The molecule has 0 radical (unpaired) electrons. The summed E-state index contributed by atoms with van der Waals surface area (Å²) in [5.74, 6) is 0.922. The topological polar surface area (TPSA) is 237 Å². The number of esters is 4. The third-order valence-corrected chi connectivity index (χ3v) is 20.0. The molecule has 576 valence electrons. The van der Waals surface area contributed by atoms with Crippen LogP contribution in [0.3, 0.4) is 0 Å². The van der Waals surface area contributed by atoms with Crippen molar-refractivity contribution in [2.45, 2.75) is 414 Å². The highest BCUT2D eigenvalue weighted by molar-refractivity contribution is 7.47. The highest BCUT2D eigenvalue weighted by Gasteiger charge is 2.30. The minimum absolute atomic E-state index is 0.105. The number of hydrogen-bond acceptors (Lipinski definition) is 15. The second-order valence-corrected chi connectivity index (χ2v) is 32.9. The van der Waals surface area contributed by atoms with Crippen LogP contribution in [0.1, 0.15) is 396 Å². The van der Waals surface area contributed by atoms with Gasteiger partial charge in [0.05, 0.1) is 26.4 Å². The van der Waals surface area contributed by atoms with E-state index in [9.17, 15) is 43.2 Å². The van der Waals surface area contributed by atoms with Gasteiger partial charge in [0.25, 0.3) is 0 Å². The van der Waals surface area contributed by atoms with Crippen LogP contribution >= 0.6 is 15.6 Å². The lowest BCUT2D eigenvalue weighted by Crippen LogP contribution is -2.30. The van der Waals surface area contributed by atoms with E-state index in [1.165, 1.54) is 193 Å². The zero-order valence-corrected chi connectivity index (χ0v) is 65.5. The average Bonchev–Trinajstić information content (AvgIpc) is 1.09. The first-order valence-corrected chi connectivity index (χ1v) is 43.2. The highest BCUT2D eigenvalue weighted by Crippen LogP contribution is 2.45. The van der Waals surface area contributed by atoms with Gasteiger partial charge in [-0.1, -0.05) is 344 Å². The Labute approximate surface area is 594 Å². The number of unbranched alkanes of at least 4 members (excludes halogenated alkanes) is 41. The van der Waals surface area contributed by atoms with Gasteiger partial charge < -0.3 is 33.8 Å². The number of carbonyl (C=O) groups is 4. The molecule has 0 aliphatic rings. The van der Waals surface area contributed by atoms with Crippen LogP contribution in [-0.4, -0.2) is 96.7 Å². The number of aliphatic hydroxyl groups excluding tert-OH is 1. The van der Waals surface area contributed by atoms with E-state index >= 15 is 0 Å². The molecule has 97 heavy (non-hydrogen) atoms. The molecule has 17 nitrogen and oxygen atoms in total. The van der Waals surface area contributed by atoms with Gasteiger partial charge in [-0.25, -0.2) is 9.13 Å². The predicted octanol–water partition coefficient (Wildman–Crippen LogP) is 22.8. The van der Waals surface area contributed by atoms with Crippen molar-refractivity contribution in [3.05, 3.63) is 0 Å². The smallest absolute Gasteiger partial charge is 0.462 e. The predicted molar refractivity (Wildman–Crippen MR) is 395 cm³/mol. The van der Waals surface area contributed by atoms with Gasteiger partial charge in [0.15, 0.2) is 12.2 Å². The molecule has 0 heterocycles. The fourth-order valence-electron chi connectivity index (χ4n) is 11.9. The van der Waals surface area contributed by atoms with Crippen molar-refractivity contribution in [2.75, 3.05) is 39.6 Å². The minimum Gasteiger partial charge on any atom is -0.462 e. The molecule has 0 fully saturated rings.